The first-order valence-electron chi connectivity index (χ1n) is 10.7. The average Bonchev–Trinajstić information content (AvgIpc) is 2.73. The van der Waals surface area contributed by atoms with Gasteiger partial charge in [0.1, 0.15) is 11.4 Å². The van der Waals surface area contributed by atoms with E-state index in [4.69, 9.17) is 22.9 Å². The van der Waals surface area contributed by atoms with Crippen molar-refractivity contribution in [3.8, 4) is 5.75 Å². The first-order valence-corrected chi connectivity index (χ1v) is 10.7. The number of phenolic OH excluding ortho intramolecular Hbond substituents is 1. The number of nitrogens with zero attached hydrogens (tertiary/aromatic N) is 6. The average molecular weight is 460 g/mol. The molecule has 0 radical (unpaired) electrons. The lowest BCUT2D eigenvalue weighted by Crippen LogP contribution is -2.54. The molecule has 33 heavy (non-hydrogen) atoms. The molecular weight excluding hydrogens is 430 g/mol. The summed E-state index contributed by atoms with van der Waals surface area (Å²) in [7, 11) is 0. The predicted molar refractivity (Wildman–Crippen MR) is 123 cm³/mol. The Kier molecular flexibility index (Phi) is 6.42. The second-order valence-electron chi connectivity index (χ2n) is 8.66. The van der Waals surface area contributed by atoms with Gasteiger partial charge in [-0.05, 0) is 25.0 Å². The number of rotatable bonds is 5. The van der Waals surface area contributed by atoms with Gasteiger partial charge >= 0.3 is 0 Å². The van der Waals surface area contributed by atoms with E-state index in [-0.39, 0.29) is 47.2 Å². The molecule has 2 saturated heterocycles. The SMILES string of the molecule is N[C@@H]1C[C@@H](N)CN(c2nc(Nc3ccc(O)cc3[N+](=O)[O-])nc(N3C[C@H](N)C[C@H](N)C3)n2)C1. The second kappa shape index (κ2) is 9.27. The van der Waals surface area contributed by atoms with Crippen molar-refractivity contribution in [3.05, 3.63) is 28.3 Å². The maximum atomic E-state index is 11.5. The van der Waals surface area contributed by atoms with Gasteiger partial charge in [0.2, 0.25) is 17.8 Å². The lowest BCUT2D eigenvalue weighted by Gasteiger charge is -2.37. The van der Waals surface area contributed by atoms with Crippen LogP contribution in [0, 0.1) is 10.1 Å². The Bertz CT molecular complexity index is 958. The number of nitro benzene ring substituents is 1. The van der Waals surface area contributed by atoms with Crippen LogP contribution in [0.5, 0.6) is 5.75 Å². The fraction of sp³-hybridized carbons (Fsp3) is 0.526. The maximum absolute atomic E-state index is 11.5. The molecule has 4 rings (SSSR count). The zero-order valence-electron chi connectivity index (χ0n) is 18.0. The first kappa shape index (κ1) is 22.8. The van der Waals surface area contributed by atoms with Gasteiger partial charge in [0.05, 0.1) is 11.0 Å². The van der Waals surface area contributed by atoms with Gasteiger partial charge < -0.3 is 43.2 Å². The Balaban J connectivity index is 1.72. The molecular formula is C19H29N11O3. The Morgan fingerprint density at radius 2 is 1.39 bits per heavy atom. The highest BCUT2D eigenvalue weighted by atomic mass is 16.6. The maximum Gasteiger partial charge on any atom is 0.296 e. The summed E-state index contributed by atoms with van der Waals surface area (Å²) in [5, 5.41) is 24.0. The fourth-order valence-corrected chi connectivity index (χ4v) is 4.27. The smallest absolute Gasteiger partial charge is 0.296 e. The summed E-state index contributed by atoms with van der Waals surface area (Å²) < 4.78 is 0. The molecule has 10 N–H and O–H groups in total. The van der Waals surface area contributed by atoms with E-state index in [1.807, 2.05) is 9.80 Å². The van der Waals surface area contributed by atoms with Gasteiger partial charge in [-0.2, -0.15) is 15.0 Å². The minimum Gasteiger partial charge on any atom is -0.508 e. The second-order valence-corrected chi connectivity index (χ2v) is 8.66. The number of piperidine rings is 2. The summed E-state index contributed by atoms with van der Waals surface area (Å²) >= 11 is 0. The van der Waals surface area contributed by atoms with Crippen LogP contribution in [0.2, 0.25) is 0 Å². The number of aromatic hydroxyl groups is 1. The number of hydrogen-bond acceptors (Lipinski definition) is 13. The van der Waals surface area contributed by atoms with Crippen LogP contribution in [0.15, 0.2) is 18.2 Å². The van der Waals surface area contributed by atoms with Crippen molar-refractivity contribution in [1.82, 2.24) is 15.0 Å². The summed E-state index contributed by atoms with van der Waals surface area (Å²) in [5.74, 6) is 0.575. The van der Waals surface area contributed by atoms with Crippen molar-refractivity contribution < 1.29 is 10.0 Å². The van der Waals surface area contributed by atoms with E-state index >= 15 is 0 Å². The highest BCUT2D eigenvalue weighted by Gasteiger charge is 2.29. The zero-order chi connectivity index (χ0) is 23.7. The largest absolute Gasteiger partial charge is 0.508 e. The molecule has 3 heterocycles. The molecule has 1 aromatic carbocycles. The van der Waals surface area contributed by atoms with Crippen LogP contribution in [0.4, 0.5) is 29.2 Å². The third-order valence-electron chi connectivity index (χ3n) is 5.63. The van der Waals surface area contributed by atoms with Crippen molar-refractivity contribution in [1.29, 1.82) is 0 Å². The van der Waals surface area contributed by atoms with E-state index in [0.717, 1.165) is 6.07 Å². The minimum atomic E-state index is -0.601. The molecule has 2 aliphatic heterocycles. The third kappa shape index (κ3) is 5.36. The molecule has 1 aromatic heterocycles. The fourth-order valence-electron chi connectivity index (χ4n) is 4.27. The van der Waals surface area contributed by atoms with E-state index in [9.17, 15) is 15.2 Å². The number of anilines is 4. The number of nitrogens with two attached hydrogens (primary N) is 4. The molecule has 0 saturated carbocycles. The van der Waals surface area contributed by atoms with Crippen molar-refractivity contribution >= 4 is 29.2 Å². The van der Waals surface area contributed by atoms with E-state index in [0.29, 0.717) is 50.9 Å². The van der Waals surface area contributed by atoms with Gasteiger partial charge in [0, 0.05) is 50.3 Å². The van der Waals surface area contributed by atoms with Gasteiger partial charge in [-0.3, -0.25) is 10.1 Å². The first-order chi connectivity index (χ1) is 15.7. The van der Waals surface area contributed by atoms with Gasteiger partial charge in [-0.15, -0.1) is 0 Å². The number of benzene rings is 1. The van der Waals surface area contributed by atoms with Gasteiger partial charge in [-0.1, -0.05) is 0 Å². The standard InChI is InChI=1S/C19H29N11O3/c20-10-3-11(21)7-28(6-10)18-25-17(24-15-2-1-14(31)5-16(15)30(32)33)26-19(27-18)29-8-12(22)4-13(23)9-29/h1-2,5,10-13,31H,3-4,6-9,20-23H2,(H,24,25,26,27)/t10-,11-,12-,13+/m1/s1. The van der Waals surface area contributed by atoms with Crippen molar-refractivity contribution in [2.45, 2.75) is 37.0 Å². The summed E-state index contributed by atoms with van der Waals surface area (Å²) in [4.78, 5) is 28.2. The molecule has 2 aromatic rings. The Labute approximate surface area is 190 Å². The molecule has 178 valence electrons. The molecule has 0 amide bonds. The Morgan fingerprint density at radius 1 is 0.909 bits per heavy atom. The molecule has 0 spiro atoms. The Hall–Kier alpha value is -3.33. The molecule has 14 heteroatoms. The van der Waals surface area contributed by atoms with E-state index in [1.165, 1.54) is 12.1 Å². The van der Waals surface area contributed by atoms with Crippen LogP contribution in [-0.2, 0) is 0 Å². The number of hydrogen-bond donors (Lipinski definition) is 6. The number of aromatic nitrogens is 3. The molecule has 0 unspecified atom stereocenters. The van der Waals surface area contributed by atoms with Gasteiger partial charge in [0.25, 0.3) is 5.69 Å². The van der Waals surface area contributed by atoms with Crippen molar-refractivity contribution in [2.75, 3.05) is 41.3 Å². The molecule has 4 atom stereocenters. The van der Waals surface area contributed by atoms with Crippen LogP contribution in [0.1, 0.15) is 12.8 Å². The summed E-state index contributed by atoms with van der Waals surface area (Å²) in [6.45, 7) is 2.04. The van der Waals surface area contributed by atoms with Crippen molar-refractivity contribution in [3.63, 3.8) is 0 Å². The predicted octanol–water partition coefficient (Wildman–Crippen LogP) is -1.04. The highest BCUT2D eigenvalue weighted by molar-refractivity contribution is 5.69. The monoisotopic (exact) mass is 459 g/mol. The normalized spacial score (nSPS) is 25.7. The van der Waals surface area contributed by atoms with Crippen LogP contribution < -0.4 is 38.1 Å². The third-order valence-corrected chi connectivity index (χ3v) is 5.63. The summed E-state index contributed by atoms with van der Waals surface area (Å²) in [5.41, 5.74) is 24.4. The number of nitro groups is 1. The highest BCUT2D eigenvalue weighted by Crippen LogP contribution is 2.31. The van der Waals surface area contributed by atoms with Crippen molar-refractivity contribution in [2.24, 2.45) is 22.9 Å². The molecule has 2 aliphatic rings. The molecule has 2 fully saturated rings. The topological polar surface area (TPSA) is 225 Å². The van der Waals surface area contributed by atoms with Gasteiger partial charge in [-0.25, -0.2) is 0 Å². The summed E-state index contributed by atoms with van der Waals surface area (Å²) in [6, 6.07) is 3.22. The van der Waals surface area contributed by atoms with Crippen LogP contribution >= 0.6 is 0 Å². The lowest BCUT2D eigenvalue weighted by molar-refractivity contribution is -0.384. The van der Waals surface area contributed by atoms with Crippen LogP contribution in [-0.4, -0.2) is 75.3 Å². The summed E-state index contributed by atoms with van der Waals surface area (Å²) in [6.07, 6.45) is 1.38. The number of nitrogens with one attached hydrogen (secondary N) is 1. The lowest BCUT2D eigenvalue weighted by atomic mass is 10.0. The van der Waals surface area contributed by atoms with Crippen LogP contribution in [0.25, 0.3) is 0 Å². The number of phenols is 1. The van der Waals surface area contributed by atoms with E-state index in [1.54, 1.807) is 0 Å². The van der Waals surface area contributed by atoms with Crippen LogP contribution in [0.3, 0.4) is 0 Å². The molecule has 0 bridgehead atoms. The van der Waals surface area contributed by atoms with Gasteiger partial charge in [0.15, 0.2) is 0 Å². The molecule has 0 aliphatic carbocycles. The van der Waals surface area contributed by atoms with E-state index in [2.05, 4.69) is 20.3 Å². The zero-order valence-corrected chi connectivity index (χ0v) is 18.0. The molecule has 14 nitrogen and oxygen atoms in total. The Morgan fingerprint density at radius 3 is 1.85 bits per heavy atom. The quantitative estimate of drug-likeness (QED) is 0.179. The van der Waals surface area contributed by atoms with E-state index < -0.39 is 4.92 Å². The minimum absolute atomic E-state index is 0.101.